The molecule has 4 heteroatoms. The Morgan fingerprint density at radius 2 is 2.24 bits per heavy atom. The summed E-state index contributed by atoms with van der Waals surface area (Å²) in [7, 11) is 0. The summed E-state index contributed by atoms with van der Waals surface area (Å²) in [6, 6.07) is 7.58. The predicted molar refractivity (Wildman–Crippen MR) is 66.8 cm³/mol. The third kappa shape index (κ3) is 2.22. The molecular formula is C13H16N2O2. The number of benzene rings is 1. The highest BCUT2D eigenvalue weighted by Crippen LogP contribution is 2.41. The summed E-state index contributed by atoms with van der Waals surface area (Å²) >= 11 is 0. The van der Waals surface area contributed by atoms with E-state index in [0.29, 0.717) is 6.42 Å². The molecule has 0 fully saturated rings. The quantitative estimate of drug-likeness (QED) is 0.831. The summed E-state index contributed by atoms with van der Waals surface area (Å²) in [5.41, 5.74) is 7.12. The van der Waals surface area contributed by atoms with E-state index in [-0.39, 0.29) is 12.5 Å². The van der Waals surface area contributed by atoms with Gasteiger partial charge in [-0.1, -0.05) is 18.2 Å². The normalized spacial score (nSPS) is 23.4. The van der Waals surface area contributed by atoms with Crippen LogP contribution in [0, 0.1) is 0 Å². The molecule has 0 saturated heterocycles. The van der Waals surface area contributed by atoms with Crippen LogP contribution in [0.5, 0.6) is 0 Å². The molecule has 1 aromatic carbocycles. The van der Waals surface area contributed by atoms with E-state index in [1.54, 1.807) is 6.21 Å². The van der Waals surface area contributed by atoms with Gasteiger partial charge in [0.2, 0.25) is 0 Å². The van der Waals surface area contributed by atoms with Gasteiger partial charge in [0.05, 0.1) is 12.1 Å². The van der Waals surface area contributed by atoms with Gasteiger partial charge >= 0.3 is 5.97 Å². The Balaban J connectivity index is 2.43. The molecule has 2 unspecified atom stereocenters. The van der Waals surface area contributed by atoms with E-state index in [2.05, 4.69) is 4.99 Å². The number of hydrogen-bond donors (Lipinski definition) is 2. The Hall–Kier alpha value is -1.68. The molecule has 0 saturated carbocycles. The number of aliphatic carboxylic acids is 1. The van der Waals surface area contributed by atoms with E-state index in [4.69, 9.17) is 10.8 Å². The SMILES string of the molecule is CC(N)CC1(CC(=O)O)C=Nc2ccccc21. The molecule has 1 heterocycles. The number of nitrogens with two attached hydrogens (primary N) is 1. The minimum atomic E-state index is -0.825. The predicted octanol–water partition coefficient (Wildman–Crippen LogP) is 1.85. The van der Waals surface area contributed by atoms with Gasteiger partial charge in [-0.2, -0.15) is 0 Å². The van der Waals surface area contributed by atoms with Crippen LogP contribution >= 0.6 is 0 Å². The summed E-state index contributed by atoms with van der Waals surface area (Å²) in [6.07, 6.45) is 2.38. The van der Waals surface area contributed by atoms with Gasteiger partial charge in [-0.3, -0.25) is 9.79 Å². The topological polar surface area (TPSA) is 75.7 Å². The maximum atomic E-state index is 11.0. The van der Waals surface area contributed by atoms with Crippen molar-refractivity contribution in [2.75, 3.05) is 0 Å². The molecule has 1 aromatic rings. The molecule has 0 amide bonds. The summed E-state index contributed by atoms with van der Waals surface area (Å²) in [5.74, 6) is -0.825. The zero-order valence-corrected chi connectivity index (χ0v) is 9.76. The van der Waals surface area contributed by atoms with Crippen molar-refractivity contribution in [3.8, 4) is 0 Å². The fourth-order valence-corrected chi connectivity index (χ4v) is 2.49. The lowest BCUT2D eigenvalue weighted by Crippen LogP contribution is -2.35. The standard InChI is InChI=1S/C13H16N2O2/c1-9(14)6-13(7-12(16)17)8-15-11-5-3-2-4-10(11)13/h2-5,8-9H,6-7,14H2,1H3,(H,16,17). The van der Waals surface area contributed by atoms with Crippen LogP contribution in [0.4, 0.5) is 5.69 Å². The highest BCUT2D eigenvalue weighted by atomic mass is 16.4. The van der Waals surface area contributed by atoms with Gasteiger partial charge in [-0.15, -0.1) is 0 Å². The summed E-state index contributed by atoms with van der Waals surface area (Å²) in [4.78, 5) is 15.4. The van der Waals surface area contributed by atoms with Crippen LogP contribution in [0.2, 0.25) is 0 Å². The van der Waals surface area contributed by atoms with Gasteiger partial charge in [0.25, 0.3) is 0 Å². The number of carboxylic acid groups (broad SMARTS) is 1. The first-order valence-corrected chi connectivity index (χ1v) is 5.66. The van der Waals surface area contributed by atoms with E-state index < -0.39 is 11.4 Å². The van der Waals surface area contributed by atoms with Crippen LogP contribution in [0.3, 0.4) is 0 Å². The Labute approximate surface area is 100 Å². The van der Waals surface area contributed by atoms with Crippen molar-refractivity contribution in [1.29, 1.82) is 0 Å². The van der Waals surface area contributed by atoms with E-state index in [1.165, 1.54) is 0 Å². The first-order valence-electron chi connectivity index (χ1n) is 5.66. The van der Waals surface area contributed by atoms with Crippen molar-refractivity contribution in [1.82, 2.24) is 0 Å². The number of rotatable bonds is 4. The monoisotopic (exact) mass is 232 g/mol. The molecule has 2 rings (SSSR count). The van der Waals surface area contributed by atoms with Gasteiger partial charge < -0.3 is 10.8 Å². The number of hydrogen-bond acceptors (Lipinski definition) is 3. The first-order chi connectivity index (χ1) is 8.03. The Bertz CT molecular complexity index is 468. The number of nitrogens with zero attached hydrogens (tertiary/aromatic N) is 1. The van der Waals surface area contributed by atoms with Crippen molar-refractivity contribution in [3.05, 3.63) is 29.8 Å². The first kappa shape index (κ1) is 11.8. The van der Waals surface area contributed by atoms with E-state index >= 15 is 0 Å². The average molecular weight is 232 g/mol. The van der Waals surface area contributed by atoms with Gasteiger partial charge in [-0.25, -0.2) is 0 Å². The van der Waals surface area contributed by atoms with Crippen molar-refractivity contribution in [2.45, 2.75) is 31.2 Å². The van der Waals surface area contributed by atoms with Gasteiger partial charge in [0.1, 0.15) is 0 Å². The summed E-state index contributed by atoms with van der Waals surface area (Å²) in [5, 5.41) is 9.08. The second-order valence-corrected chi connectivity index (χ2v) is 4.68. The van der Waals surface area contributed by atoms with Gasteiger partial charge in [0, 0.05) is 17.7 Å². The third-order valence-electron chi connectivity index (χ3n) is 3.04. The lowest BCUT2D eigenvalue weighted by atomic mass is 9.75. The van der Waals surface area contributed by atoms with Crippen molar-refractivity contribution >= 4 is 17.9 Å². The zero-order valence-electron chi connectivity index (χ0n) is 9.76. The molecule has 1 aliphatic heterocycles. The average Bonchev–Trinajstić information content (AvgIpc) is 2.56. The lowest BCUT2D eigenvalue weighted by molar-refractivity contribution is -0.137. The second-order valence-electron chi connectivity index (χ2n) is 4.68. The number of carboxylic acids is 1. The van der Waals surface area contributed by atoms with Crippen molar-refractivity contribution in [3.63, 3.8) is 0 Å². The van der Waals surface area contributed by atoms with Crippen LogP contribution in [0.1, 0.15) is 25.3 Å². The maximum absolute atomic E-state index is 11.0. The molecule has 4 nitrogen and oxygen atoms in total. The molecule has 17 heavy (non-hydrogen) atoms. The van der Waals surface area contributed by atoms with Crippen LogP contribution in [-0.2, 0) is 10.2 Å². The van der Waals surface area contributed by atoms with Crippen molar-refractivity contribution < 1.29 is 9.90 Å². The van der Waals surface area contributed by atoms with E-state index in [0.717, 1.165) is 11.3 Å². The molecule has 0 aromatic heterocycles. The third-order valence-corrected chi connectivity index (χ3v) is 3.04. The number of carbonyl (C=O) groups is 1. The molecule has 0 radical (unpaired) electrons. The highest BCUT2D eigenvalue weighted by Gasteiger charge is 2.38. The molecule has 0 spiro atoms. The van der Waals surface area contributed by atoms with Crippen LogP contribution < -0.4 is 5.73 Å². The fourth-order valence-electron chi connectivity index (χ4n) is 2.49. The van der Waals surface area contributed by atoms with Crippen LogP contribution in [-0.4, -0.2) is 23.3 Å². The van der Waals surface area contributed by atoms with Crippen LogP contribution in [0.15, 0.2) is 29.3 Å². The molecule has 3 N–H and O–H groups in total. The maximum Gasteiger partial charge on any atom is 0.304 e. The Kier molecular flexibility index (Phi) is 2.98. The minimum Gasteiger partial charge on any atom is -0.481 e. The largest absolute Gasteiger partial charge is 0.481 e. The number of para-hydroxylation sites is 1. The molecule has 0 aliphatic carbocycles. The summed E-state index contributed by atoms with van der Waals surface area (Å²) < 4.78 is 0. The van der Waals surface area contributed by atoms with E-state index in [9.17, 15) is 4.79 Å². The fraction of sp³-hybridized carbons (Fsp3) is 0.385. The molecule has 2 atom stereocenters. The lowest BCUT2D eigenvalue weighted by Gasteiger charge is -2.27. The number of fused-ring (bicyclic) bond motifs is 1. The highest BCUT2D eigenvalue weighted by molar-refractivity contribution is 5.89. The molecule has 1 aliphatic rings. The zero-order chi connectivity index (χ0) is 12.5. The molecule has 90 valence electrons. The smallest absolute Gasteiger partial charge is 0.304 e. The van der Waals surface area contributed by atoms with Gasteiger partial charge in [0.15, 0.2) is 0 Å². The minimum absolute atomic E-state index is 0.0368. The Morgan fingerprint density at radius 3 is 2.88 bits per heavy atom. The van der Waals surface area contributed by atoms with Gasteiger partial charge in [-0.05, 0) is 25.0 Å². The Morgan fingerprint density at radius 1 is 1.53 bits per heavy atom. The second kappa shape index (κ2) is 4.30. The van der Waals surface area contributed by atoms with Crippen LogP contribution in [0.25, 0.3) is 0 Å². The molecule has 0 bridgehead atoms. The van der Waals surface area contributed by atoms with Crippen molar-refractivity contribution in [2.24, 2.45) is 10.7 Å². The summed E-state index contributed by atoms with van der Waals surface area (Å²) in [6.45, 7) is 1.89. The molecular weight excluding hydrogens is 216 g/mol. The number of aliphatic imine (C=N–C) groups is 1. The van der Waals surface area contributed by atoms with E-state index in [1.807, 2.05) is 31.2 Å².